The molecule has 5 rings (SSSR count). The van der Waals surface area contributed by atoms with Crippen molar-refractivity contribution in [1.82, 2.24) is 4.57 Å². The minimum absolute atomic E-state index is 0.231. The lowest BCUT2D eigenvalue weighted by molar-refractivity contribution is -0.133. The van der Waals surface area contributed by atoms with Gasteiger partial charge in [-0.05, 0) is 25.1 Å². The second kappa shape index (κ2) is 5.43. The normalized spacial score (nSPS) is 25.9. The number of aromatic nitrogens is 1. The predicted molar refractivity (Wildman–Crippen MR) is 97.9 cm³/mol. The van der Waals surface area contributed by atoms with Gasteiger partial charge in [0.1, 0.15) is 17.4 Å². The van der Waals surface area contributed by atoms with Crippen LogP contribution in [-0.2, 0) is 4.79 Å². The number of hydrogen-bond acceptors (Lipinski definition) is 6. The maximum Gasteiger partial charge on any atom is 0.271 e. The van der Waals surface area contributed by atoms with Gasteiger partial charge >= 0.3 is 0 Å². The Hall–Kier alpha value is -3.13. The molecule has 0 saturated carbocycles. The lowest BCUT2D eigenvalue weighted by atomic mass is 9.81. The molecule has 3 unspecified atom stereocenters. The van der Waals surface area contributed by atoms with Crippen molar-refractivity contribution < 1.29 is 13.9 Å². The van der Waals surface area contributed by atoms with E-state index in [0.29, 0.717) is 20.8 Å². The SMILES string of the molecule is CC12N=c3s/c(=C\c4ccco4)c(=O)n3C(c3ccccc3O1)C2C(N)=O. The number of carbonyl (C=O) groups excluding carboxylic acids is 1. The zero-order valence-corrected chi connectivity index (χ0v) is 15.1. The average Bonchev–Trinajstić information content (AvgIpc) is 3.22. The molecule has 2 aliphatic rings. The van der Waals surface area contributed by atoms with Crippen molar-refractivity contribution in [2.75, 3.05) is 0 Å². The molecule has 27 heavy (non-hydrogen) atoms. The van der Waals surface area contributed by atoms with Gasteiger partial charge in [-0.25, -0.2) is 4.99 Å². The van der Waals surface area contributed by atoms with Crippen LogP contribution in [0.1, 0.15) is 24.3 Å². The maximum atomic E-state index is 13.2. The van der Waals surface area contributed by atoms with E-state index < -0.39 is 23.6 Å². The summed E-state index contributed by atoms with van der Waals surface area (Å²) in [5.74, 6) is -0.167. The third-order valence-corrected chi connectivity index (χ3v) is 5.99. The number of primary amides is 1. The molecule has 0 radical (unpaired) electrons. The van der Waals surface area contributed by atoms with Gasteiger partial charge in [0, 0.05) is 11.6 Å². The van der Waals surface area contributed by atoms with Crippen LogP contribution in [0, 0.1) is 5.92 Å². The van der Waals surface area contributed by atoms with Gasteiger partial charge in [0.25, 0.3) is 5.56 Å². The summed E-state index contributed by atoms with van der Waals surface area (Å²) in [6.45, 7) is 1.73. The van der Waals surface area contributed by atoms with Gasteiger partial charge in [0.2, 0.25) is 11.6 Å². The number of nitrogens with zero attached hydrogens (tertiary/aromatic N) is 2. The Bertz CT molecular complexity index is 1240. The smallest absolute Gasteiger partial charge is 0.271 e. The van der Waals surface area contributed by atoms with Gasteiger partial charge in [0.05, 0.1) is 16.8 Å². The Labute approximate surface area is 157 Å². The summed E-state index contributed by atoms with van der Waals surface area (Å²) in [5, 5.41) is 0. The Kier molecular flexibility index (Phi) is 3.23. The zero-order valence-electron chi connectivity index (χ0n) is 14.3. The molecule has 2 N–H and O–H groups in total. The number of amides is 1. The number of para-hydroxylation sites is 1. The number of ether oxygens (including phenoxy) is 1. The quantitative estimate of drug-likeness (QED) is 0.708. The molecule has 136 valence electrons. The molecule has 3 aromatic rings. The van der Waals surface area contributed by atoms with Crippen molar-refractivity contribution in [2.24, 2.45) is 16.6 Å². The average molecular weight is 381 g/mol. The van der Waals surface area contributed by atoms with Crippen molar-refractivity contribution in [3.63, 3.8) is 0 Å². The van der Waals surface area contributed by atoms with Gasteiger partial charge in [-0.3, -0.25) is 14.2 Å². The van der Waals surface area contributed by atoms with Crippen LogP contribution in [-0.4, -0.2) is 16.2 Å². The van der Waals surface area contributed by atoms with Crippen molar-refractivity contribution in [3.8, 4) is 5.75 Å². The molecule has 1 aromatic carbocycles. The first-order chi connectivity index (χ1) is 13.0. The third kappa shape index (κ3) is 2.23. The highest BCUT2D eigenvalue weighted by molar-refractivity contribution is 7.07. The third-order valence-electron chi connectivity index (χ3n) is 5.00. The highest BCUT2D eigenvalue weighted by Crippen LogP contribution is 2.46. The molecule has 0 aliphatic carbocycles. The summed E-state index contributed by atoms with van der Waals surface area (Å²) >= 11 is 1.24. The molecular weight excluding hydrogens is 366 g/mol. The van der Waals surface area contributed by atoms with E-state index in [1.165, 1.54) is 11.3 Å². The fourth-order valence-corrected chi connectivity index (χ4v) is 4.96. The summed E-state index contributed by atoms with van der Waals surface area (Å²) in [5.41, 5.74) is 5.07. The van der Waals surface area contributed by atoms with Gasteiger partial charge in [-0.15, -0.1) is 0 Å². The first-order valence-corrected chi connectivity index (χ1v) is 9.23. The second-order valence-electron chi connectivity index (χ2n) is 6.72. The van der Waals surface area contributed by atoms with E-state index in [4.69, 9.17) is 14.9 Å². The van der Waals surface area contributed by atoms with Gasteiger partial charge in [0.15, 0.2) is 4.80 Å². The van der Waals surface area contributed by atoms with Crippen LogP contribution in [0.2, 0.25) is 0 Å². The minimum Gasteiger partial charge on any atom is -0.465 e. The number of rotatable bonds is 2. The molecule has 4 heterocycles. The van der Waals surface area contributed by atoms with E-state index in [-0.39, 0.29) is 5.56 Å². The van der Waals surface area contributed by atoms with Crippen molar-refractivity contribution >= 4 is 23.3 Å². The monoisotopic (exact) mass is 381 g/mol. The Morgan fingerprint density at radius 3 is 2.89 bits per heavy atom. The number of fused-ring (bicyclic) bond motifs is 6. The van der Waals surface area contributed by atoms with Gasteiger partial charge in [-0.1, -0.05) is 29.5 Å². The molecule has 2 aromatic heterocycles. The molecule has 0 saturated heterocycles. The fourth-order valence-electron chi connectivity index (χ4n) is 3.88. The van der Waals surface area contributed by atoms with Crippen molar-refractivity contribution in [1.29, 1.82) is 0 Å². The Balaban J connectivity index is 1.85. The number of furan rings is 1. The molecule has 2 bridgehead atoms. The van der Waals surface area contributed by atoms with E-state index in [9.17, 15) is 9.59 Å². The summed E-state index contributed by atoms with van der Waals surface area (Å²) in [4.78, 5) is 30.6. The summed E-state index contributed by atoms with van der Waals surface area (Å²) < 4.78 is 13.4. The molecule has 2 aliphatic heterocycles. The molecule has 3 atom stereocenters. The first-order valence-electron chi connectivity index (χ1n) is 8.42. The number of nitrogens with two attached hydrogens (primary N) is 1. The summed E-state index contributed by atoms with van der Waals surface area (Å²) in [7, 11) is 0. The van der Waals surface area contributed by atoms with Crippen molar-refractivity contribution in [2.45, 2.75) is 18.7 Å². The van der Waals surface area contributed by atoms with E-state index >= 15 is 0 Å². The minimum atomic E-state index is -1.16. The molecule has 0 fully saturated rings. The van der Waals surface area contributed by atoms with E-state index in [2.05, 4.69) is 4.99 Å². The number of benzene rings is 1. The van der Waals surface area contributed by atoms with E-state index in [1.54, 1.807) is 36.0 Å². The van der Waals surface area contributed by atoms with Crippen molar-refractivity contribution in [3.05, 3.63) is 73.7 Å². The van der Waals surface area contributed by atoms with Crippen LogP contribution in [0.25, 0.3) is 6.08 Å². The van der Waals surface area contributed by atoms with E-state index in [1.807, 2.05) is 24.3 Å². The predicted octanol–water partition coefficient (Wildman–Crippen LogP) is 0.764. The topological polar surface area (TPSA) is 99.8 Å². The second-order valence-corrected chi connectivity index (χ2v) is 7.72. The van der Waals surface area contributed by atoms with Crippen LogP contribution in [0.15, 0.2) is 56.9 Å². The number of carbonyl (C=O) groups is 1. The molecule has 1 amide bonds. The van der Waals surface area contributed by atoms with Crippen LogP contribution in [0.4, 0.5) is 0 Å². The lowest BCUT2D eigenvalue weighted by Crippen LogP contribution is -2.59. The van der Waals surface area contributed by atoms with E-state index in [0.717, 1.165) is 5.56 Å². The standard InChI is InChI=1S/C19H15N3O4S/c1-19-14(16(20)23)15(11-6-2-3-7-12(11)26-19)22-17(24)13(27-18(22)21-19)9-10-5-4-8-25-10/h2-9,14-15H,1H3,(H2,20,23)/b13-9-. The van der Waals surface area contributed by atoms with Gasteiger partial charge in [-0.2, -0.15) is 0 Å². The molecule has 7 nitrogen and oxygen atoms in total. The summed E-state index contributed by atoms with van der Waals surface area (Å²) in [6.07, 6.45) is 3.22. The number of hydrogen-bond donors (Lipinski definition) is 1. The van der Waals surface area contributed by atoms with Crippen LogP contribution >= 0.6 is 11.3 Å². The van der Waals surface area contributed by atoms with Crippen LogP contribution in [0.5, 0.6) is 5.75 Å². The Morgan fingerprint density at radius 1 is 1.33 bits per heavy atom. The van der Waals surface area contributed by atoms with Crippen LogP contribution < -0.4 is 25.4 Å². The Morgan fingerprint density at radius 2 is 2.15 bits per heavy atom. The van der Waals surface area contributed by atoms with Crippen LogP contribution in [0.3, 0.4) is 0 Å². The maximum absolute atomic E-state index is 13.2. The van der Waals surface area contributed by atoms with Gasteiger partial charge < -0.3 is 14.9 Å². The summed E-state index contributed by atoms with van der Waals surface area (Å²) in [6, 6.07) is 10.3. The first kappa shape index (κ1) is 16.1. The molecule has 0 spiro atoms. The molecular formula is C19H15N3O4S. The largest absolute Gasteiger partial charge is 0.465 e. The zero-order chi connectivity index (χ0) is 18.8. The fraction of sp³-hybridized carbons (Fsp3) is 0.211. The molecule has 8 heteroatoms. The number of thiazole rings is 1. The highest BCUT2D eigenvalue weighted by atomic mass is 32.1. The highest BCUT2D eigenvalue weighted by Gasteiger charge is 2.54. The lowest BCUT2D eigenvalue weighted by Gasteiger charge is -2.44.